The molecule has 0 atom stereocenters. The Kier molecular flexibility index (Phi) is 6.50. The molecule has 0 spiro atoms. The molecule has 0 heterocycles. The van der Waals surface area contributed by atoms with Crippen molar-refractivity contribution in [1.82, 2.24) is 5.32 Å². The molecule has 16 heavy (non-hydrogen) atoms. The van der Waals surface area contributed by atoms with Crippen LogP contribution in [0.25, 0.3) is 0 Å². The highest BCUT2D eigenvalue weighted by atomic mass is 19.1. The summed E-state index contributed by atoms with van der Waals surface area (Å²) in [7, 11) is 0. The zero-order valence-corrected chi connectivity index (χ0v) is 9.88. The zero-order chi connectivity index (χ0) is 11.6. The first kappa shape index (κ1) is 12.9. The average molecular weight is 221 g/mol. The quantitative estimate of drug-likeness (QED) is 0.550. The molecule has 88 valence electrons. The molecule has 1 aromatic rings. The van der Waals surface area contributed by atoms with Gasteiger partial charge in [-0.3, -0.25) is 0 Å². The van der Waals surface area contributed by atoms with Gasteiger partial charge in [-0.05, 0) is 50.0 Å². The van der Waals surface area contributed by atoms with Crippen molar-refractivity contribution in [3.63, 3.8) is 0 Å². The lowest BCUT2D eigenvalue weighted by atomic mass is 10.1. The van der Waals surface area contributed by atoms with E-state index in [1.165, 1.54) is 12.5 Å². The first-order chi connectivity index (χ1) is 7.83. The Bertz CT molecular complexity index is 320. The number of nitrogens with one attached hydrogen (secondary N) is 1. The molecular weight excluding hydrogens is 201 g/mol. The normalized spacial score (nSPS) is 11.1. The number of halogens is 1. The molecular formula is C14H20FN. The Morgan fingerprint density at radius 3 is 2.88 bits per heavy atom. The minimum atomic E-state index is -0.157. The third-order valence-corrected chi connectivity index (χ3v) is 2.32. The van der Waals surface area contributed by atoms with Gasteiger partial charge in [-0.25, -0.2) is 4.39 Å². The van der Waals surface area contributed by atoms with Crippen molar-refractivity contribution >= 4 is 0 Å². The standard InChI is InChI=1S/C14H20FN/c1-2-10-16-11-5-3-4-7-13-8-6-9-14(15)12-13/h3-4,6,8-9,12,16H,2,5,7,10-11H2,1H3. The summed E-state index contributed by atoms with van der Waals surface area (Å²) in [5, 5.41) is 3.33. The monoisotopic (exact) mass is 221 g/mol. The van der Waals surface area contributed by atoms with E-state index in [-0.39, 0.29) is 5.82 Å². The SMILES string of the molecule is CCCNCCC=CCc1cccc(F)c1. The summed E-state index contributed by atoms with van der Waals surface area (Å²) in [5.74, 6) is -0.157. The second-order valence-corrected chi connectivity index (χ2v) is 3.84. The Hall–Kier alpha value is -1.15. The maximum absolute atomic E-state index is 12.8. The highest BCUT2D eigenvalue weighted by Gasteiger charge is 1.91. The highest BCUT2D eigenvalue weighted by Crippen LogP contribution is 2.04. The maximum Gasteiger partial charge on any atom is 0.123 e. The lowest BCUT2D eigenvalue weighted by molar-refractivity contribution is 0.626. The van der Waals surface area contributed by atoms with Crippen molar-refractivity contribution < 1.29 is 4.39 Å². The Labute approximate surface area is 97.4 Å². The Morgan fingerprint density at radius 1 is 1.25 bits per heavy atom. The summed E-state index contributed by atoms with van der Waals surface area (Å²) in [5.41, 5.74) is 1.03. The second kappa shape index (κ2) is 8.05. The molecule has 0 amide bonds. The molecule has 1 aromatic carbocycles. The van der Waals surface area contributed by atoms with Gasteiger partial charge in [0.15, 0.2) is 0 Å². The summed E-state index contributed by atoms with van der Waals surface area (Å²) in [6.45, 7) is 4.26. The van der Waals surface area contributed by atoms with Crippen molar-refractivity contribution in [2.45, 2.75) is 26.2 Å². The van der Waals surface area contributed by atoms with Crippen molar-refractivity contribution in [3.8, 4) is 0 Å². The fourth-order valence-electron chi connectivity index (χ4n) is 1.49. The van der Waals surface area contributed by atoms with Crippen LogP contribution in [0, 0.1) is 5.82 Å². The van der Waals surface area contributed by atoms with E-state index in [0.717, 1.165) is 31.5 Å². The molecule has 1 rings (SSSR count). The van der Waals surface area contributed by atoms with Gasteiger partial charge in [-0.15, -0.1) is 0 Å². The number of hydrogen-bond acceptors (Lipinski definition) is 1. The van der Waals surface area contributed by atoms with Gasteiger partial charge in [0, 0.05) is 0 Å². The third kappa shape index (κ3) is 5.66. The van der Waals surface area contributed by atoms with Crippen molar-refractivity contribution in [1.29, 1.82) is 0 Å². The Morgan fingerprint density at radius 2 is 2.12 bits per heavy atom. The molecule has 1 nitrogen and oxygen atoms in total. The van der Waals surface area contributed by atoms with Crippen LogP contribution in [0.2, 0.25) is 0 Å². The fraction of sp³-hybridized carbons (Fsp3) is 0.429. The first-order valence-electron chi connectivity index (χ1n) is 5.93. The van der Waals surface area contributed by atoms with E-state index in [9.17, 15) is 4.39 Å². The highest BCUT2D eigenvalue weighted by molar-refractivity contribution is 5.18. The smallest absolute Gasteiger partial charge is 0.123 e. The van der Waals surface area contributed by atoms with E-state index in [1.807, 2.05) is 6.07 Å². The van der Waals surface area contributed by atoms with E-state index >= 15 is 0 Å². The lowest BCUT2D eigenvalue weighted by Gasteiger charge is -1.98. The summed E-state index contributed by atoms with van der Waals surface area (Å²) in [6.07, 6.45) is 7.27. The summed E-state index contributed by atoms with van der Waals surface area (Å²) in [4.78, 5) is 0. The van der Waals surface area contributed by atoms with Gasteiger partial charge in [0.1, 0.15) is 5.82 Å². The van der Waals surface area contributed by atoms with Crippen molar-refractivity contribution in [2.24, 2.45) is 0 Å². The predicted octanol–water partition coefficient (Wildman–Crippen LogP) is 3.31. The van der Waals surface area contributed by atoms with Crippen molar-refractivity contribution in [2.75, 3.05) is 13.1 Å². The molecule has 0 aliphatic carbocycles. The predicted molar refractivity (Wildman–Crippen MR) is 67.0 cm³/mol. The number of hydrogen-bond donors (Lipinski definition) is 1. The van der Waals surface area contributed by atoms with E-state index in [1.54, 1.807) is 12.1 Å². The molecule has 1 N–H and O–H groups in total. The minimum Gasteiger partial charge on any atom is -0.316 e. The van der Waals surface area contributed by atoms with Crippen LogP contribution in [0.5, 0.6) is 0 Å². The van der Waals surface area contributed by atoms with Crippen LogP contribution >= 0.6 is 0 Å². The van der Waals surface area contributed by atoms with Gasteiger partial charge in [-0.1, -0.05) is 31.2 Å². The van der Waals surface area contributed by atoms with Gasteiger partial charge < -0.3 is 5.32 Å². The van der Waals surface area contributed by atoms with E-state index in [2.05, 4.69) is 24.4 Å². The largest absolute Gasteiger partial charge is 0.316 e. The molecule has 0 bridgehead atoms. The third-order valence-electron chi connectivity index (χ3n) is 2.32. The van der Waals surface area contributed by atoms with Crippen LogP contribution < -0.4 is 5.32 Å². The zero-order valence-electron chi connectivity index (χ0n) is 9.88. The van der Waals surface area contributed by atoms with Gasteiger partial charge in [0.25, 0.3) is 0 Å². The number of allylic oxidation sites excluding steroid dienone is 1. The molecule has 0 aromatic heterocycles. The fourth-order valence-corrected chi connectivity index (χ4v) is 1.49. The number of rotatable bonds is 7. The summed E-state index contributed by atoms with van der Waals surface area (Å²) < 4.78 is 12.8. The second-order valence-electron chi connectivity index (χ2n) is 3.84. The minimum absolute atomic E-state index is 0.157. The van der Waals surface area contributed by atoms with Crippen LogP contribution in [0.3, 0.4) is 0 Å². The molecule has 0 aliphatic heterocycles. The van der Waals surface area contributed by atoms with Crippen LogP contribution in [0.15, 0.2) is 36.4 Å². The van der Waals surface area contributed by atoms with Crippen molar-refractivity contribution in [3.05, 3.63) is 47.8 Å². The molecule has 0 unspecified atom stereocenters. The lowest BCUT2D eigenvalue weighted by Crippen LogP contribution is -2.14. The van der Waals surface area contributed by atoms with Gasteiger partial charge in [0.05, 0.1) is 0 Å². The van der Waals surface area contributed by atoms with Crippen LogP contribution in [0.1, 0.15) is 25.3 Å². The van der Waals surface area contributed by atoms with Crippen LogP contribution in [0.4, 0.5) is 4.39 Å². The molecule has 0 radical (unpaired) electrons. The number of benzene rings is 1. The molecule has 0 saturated carbocycles. The summed E-state index contributed by atoms with van der Waals surface area (Å²) in [6, 6.07) is 6.76. The first-order valence-corrected chi connectivity index (χ1v) is 5.93. The maximum atomic E-state index is 12.8. The van der Waals surface area contributed by atoms with Crippen LogP contribution in [-0.4, -0.2) is 13.1 Å². The van der Waals surface area contributed by atoms with E-state index in [0.29, 0.717) is 0 Å². The van der Waals surface area contributed by atoms with E-state index < -0.39 is 0 Å². The Balaban J connectivity index is 2.16. The molecule has 0 saturated heterocycles. The topological polar surface area (TPSA) is 12.0 Å². The van der Waals surface area contributed by atoms with Gasteiger partial charge in [0.2, 0.25) is 0 Å². The molecule has 0 aliphatic rings. The average Bonchev–Trinajstić information content (AvgIpc) is 2.28. The van der Waals surface area contributed by atoms with Crippen LogP contribution in [-0.2, 0) is 6.42 Å². The summed E-state index contributed by atoms with van der Waals surface area (Å²) >= 11 is 0. The van der Waals surface area contributed by atoms with Gasteiger partial charge >= 0.3 is 0 Å². The molecule has 0 fully saturated rings. The molecule has 2 heteroatoms. The van der Waals surface area contributed by atoms with E-state index in [4.69, 9.17) is 0 Å². The van der Waals surface area contributed by atoms with Gasteiger partial charge in [-0.2, -0.15) is 0 Å².